The predicted molar refractivity (Wildman–Crippen MR) is 87.4 cm³/mol. The van der Waals surface area contributed by atoms with Crippen LogP contribution in [0, 0.1) is 0 Å². The minimum Gasteiger partial charge on any atom is -0.481 e. The molecule has 1 unspecified atom stereocenters. The molecule has 0 saturated heterocycles. The number of nitrogens with one attached hydrogen (secondary N) is 1. The van der Waals surface area contributed by atoms with Crippen molar-refractivity contribution in [3.05, 3.63) is 70.2 Å². The number of aliphatic carboxylic acids is 1. The van der Waals surface area contributed by atoms with Crippen LogP contribution in [0.5, 0.6) is 0 Å². The SMILES string of the molecule is C[C@@H](NCC(C(=O)O)c1ccccc1)c1cccc(Br)c1. The second-order valence-electron chi connectivity index (χ2n) is 4.99. The number of rotatable bonds is 6. The molecule has 4 heteroatoms. The number of benzene rings is 2. The third-order valence-corrected chi connectivity index (χ3v) is 3.97. The molecule has 2 aromatic carbocycles. The van der Waals surface area contributed by atoms with Crippen molar-refractivity contribution in [1.29, 1.82) is 0 Å². The normalized spacial score (nSPS) is 13.6. The van der Waals surface area contributed by atoms with Crippen molar-refractivity contribution < 1.29 is 9.90 Å². The van der Waals surface area contributed by atoms with Crippen molar-refractivity contribution in [2.75, 3.05) is 6.54 Å². The average molecular weight is 348 g/mol. The lowest BCUT2D eigenvalue weighted by Gasteiger charge is -2.19. The van der Waals surface area contributed by atoms with Gasteiger partial charge in [0, 0.05) is 17.1 Å². The third-order valence-electron chi connectivity index (χ3n) is 3.48. The molecule has 0 saturated carbocycles. The Balaban J connectivity index is 2.04. The average Bonchev–Trinajstić information content (AvgIpc) is 2.48. The van der Waals surface area contributed by atoms with Crippen LogP contribution in [0.25, 0.3) is 0 Å². The topological polar surface area (TPSA) is 49.3 Å². The fourth-order valence-corrected chi connectivity index (χ4v) is 2.64. The first-order valence-electron chi connectivity index (χ1n) is 6.84. The second-order valence-corrected chi connectivity index (χ2v) is 5.90. The molecule has 0 radical (unpaired) electrons. The van der Waals surface area contributed by atoms with E-state index < -0.39 is 11.9 Å². The molecule has 0 amide bonds. The maximum absolute atomic E-state index is 11.5. The minimum absolute atomic E-state index is 0.0908. The maximum atomic E-state index is 11.5. The number of hydrogen-bond donors (Lipinski definition) is 2. The Kier molecular flexibility index (Phi) is 5.53. The van der Waals surface area contributed by atoms with Gasteiger partial charge in [-0.2, -0.15) is 0 Å². The first kappa shape index (κ1) is 15.7. The van der Waals surface area contributed by atoms with E-state index in [-0.39, 0.29) is 6.04 Å². The van der Waals surface area contributed by atoms with Crippen LogP contribution in [0.3, 0.4) is 0 Å². The van der Waals surface area contributed by atoms with Crippen molar-refractivity contribution in [3.8, 4) is 0 Å². The van der Waals surface area contributed by atoms with Crippen LogP contribution in [-0.2, 0) is 4.79 Å². The summed E-state index contributed by atoms with van der Waals surface area (Å²) in [5.41, 5.74) is 1.94. The van der Waals surface area contributed by atoms with Gasteiger partial charge in [-0.3, -0.25) is 4.79 Å². The van der Waals surface area contributed by atoms with Crippen molar-refractivity contribution in [1.82, 2.24) is 5.32 Å². The second kappa shape index (κ2) is 7.38. The summed E-state index contributed by atoms with van der Waals surface area (Å²) in [6.07, 6.45) is 0. The summed E-state index contributed by atoms with van der Waals surface area (Å²) in [4.78, 5) is 11.5. The molecule has 0 aromatic heterocycles. The van der Waals surface area contributed by atoms with Gasteiger partial charge in [0.05, 0.1) is 5.92 Å². The molecule has 0 aliphatic rings. The van der Waals surface area contributed by atoms with Gasteiger partial charge in [-0.05, 0) is 30.2 Å². The molecule has 2 rings (SSSR count). The summed E-state index contributed by atoms with van der Waals surface area (Å²) in [5, 5.41) is 12.7. The zero-order valence-corrected chi connectivity index (χ0v) is 13.4. The van der Waals surface area contributed by atoms with Crippen molar-refractivity contribution in [2.45, 2.75) is 18.9 Å². The van der Waals surface area contributed by atoms with E-state index in [1.54, 1.807) is 0 Å². The number of carbonyl (C=O) groups is 1. The molecule has 21 heavy (non-hydrogen) atoms. The molecule has 2 atom stereocenters. The van der Waals surface area contributed by atoms with Gasteiger partial charge in [-0.1, -0.05) is 58.4 Å². The molecule has 0 aliphatic carbocycles. The van der Waals surface area contributed by atoms with Crippen LogP contribution in [0.4, 0.5) is 0 Å². The summed E-state index contributed by atoms with van der Waals surface area (Å²) in [6, 6.07) is 17.4. The number of carboxylic acid groups (broad SMARTS) is 1. The van der Waals surface area contributed by atoms with Crippen molar-refractivity contribution in [2.24, 2.45) is 0 Å². The summed E-state index contributed by atoms with van der Waals surface area (Å²) in [7, 11) is 0. The summed E-state index contributed by atoms with van der Waals surface area (Å²) >= 11 is 3.45. The van der Waals surface area contributed by atoms with E-state index in [9.17, 15) is 9.90 Å². The van der Waals surface area contributed by atoms with Crippen LogP contribution in [0.15, 0.2) is 59.1 Å². The molecule has 0 spiro atoms. The van der Waals surface area contributed by atoms with Gasteiger partial charge in [0.15, 0.2) is 0 Å². The lowest BCUT2D eigenvalue weighted by atomic mass is 9.98. The van der Waals surface area contributed by atoms with Crippen LogP contribution >= 0.6 is 15.9 Å². The van der Waals surface area contributed by atoms with E-state index in [1.807, 2.05) is 61.5 Å². The first-order chi connectivity index (χ1) is 10.1. The molecule has 0 heterocycles. The maximum Gasteiger partial charge on any atom is 0.312 e. The van der Waals surface area contributed by atoms with Gasteiger partial charge in [0.1, 0.15) is 0 Å². The highest BCUT2D eigenvalue weighted by atomic mass is 79.9. The molecule has 3 nitrogen and oxygen atoms in total. The van der Waals surface area contributed by atoms with Crippen LogP contribution in [0.1, 0.15) is 30.0 Å². The monoisotopic (exact) mass is 347 g/mol. The third kappa shape index (κ3) is 4.41. The van der Waals surface area contributed by atoms with E-state index in [1.165, 1.54) is 0 Å². The summed E-state index contributed by atoms with van der Waals surface area (Å²) in [5.74, 6) is -1.35. The Hall–Kier alpha value is -1.65. The Morgan fingerprint density at radius 2 is 1.81 bits per heavy atom. The zero-order chi connectivity index (χ0) is 15.2. The van der Waals surface area contributed by atoms with Crippen molar-refractivity contribution >= 4 is 21.9 Å². The van der Waals surface area contributed by atoms with Gasteiger partial charge in [-0.15, -0.1) is 0 Å². The molecule has 0 aliphatic heterocycles. The van der Waals surface area contributed by atoms with Crippen molar-refractivity contribution in [3.63, 3.8) is 0 Å². The first-order valence-corrected chi connectivity index (χ1v) is 7.64. The molecular weight excluding hydrogens is 330 g/mol. The Bertz CT molecular complexity index is 601. The van der Waals surface area contributed by atoms with Gasteiger partial charge in [0.2, 0.25) is 0 Å². The van der Waals surface area contributed by atoms with E-state index in [2.05, 4.69) is 21.2 Å². The fraction of sp³-hybridized carbons (Fsp3) is 0.235. The molecule has 2 N–H and O–H groups in total. The Labute approximate surface area is 133 Å². The quantitative estimate of drug-likeness (QED) is 0.831. The van der Waals surface area contributed by atoms with Gasteiger partial charge < -0.3 is 10.4 Å². The molecule has 0 bridgehead atoms. The van der Waals surface area contributed by atoms with Crippen LogP contribution < -0.4 is 5.32 Å². The van der Waals surface area contributed by atoms with Gasteiger partial charge >= 0.3 is 5.97 Å². The highest BCUT2D eigenvalue weighted by Gasteiger charge is 2.20. The van der Waals surface area contributed by atoms with E-state index in [4.69, 9.17) is 0 Å². The Morgan fingerprint density at radius 3 is 2.43 bits per heavy atom. The highest BCUT2D eigenvalue weighted by molar-refractivity contribution is 9.10. The summed E-state index contributed by atoms with van der Waals surface area (Å²) < 4.78 is 1.02. The summed E-state index contributed by atoms with van der Waals surface area (Å²) in [6.45, 7) is 2.43. The highest BCUT2D eigenvalue weighted by Crippen LogP contribution is 2.20. The molecular formula is C17H18BrNO2. The van der Waals surface area contributed by atoms with E-state index >= 15 is 0 Å². The zero-order valence-electron chi connectivity index (χ0n) is 11.8. The molecule has 0 fully saturated rings. The lowest BCUT2D eigenvalue weighted by Crippen LogP contribution is -2.29. The standard InChI is InChI=1S/C17H18BrNO2/c1-12(14-8-5-9-15(18)10-14)19-11-16(17(20)21)13-6-3-2-4-7-13/h2-10,12,16,19H,11H2,1H3,(H,20,21)/t12-,16?/m1/s1. The van der Waals surface area contributed by atoms with Crippen LogP contribution in [-0.4, -0.2) is 17.6 Å². The Morgan fingerprint density at radius 1 is 1.14 bits per heavy atom. The molecule has 2 aromatic rings. The lowest BCUT2D eigenvalue weighted by molar-refractivity contribution is -0.138. The fourth-order valence-electron chi connectivity index (χ4n) is 2.22. The largest absolute Gasteiger partial charge is 0.481 e. The number of halogens is 1. The van der Waals surface area contributed by atoms with E-state index in [0.717, 1.165) is 15.6 Å². The number of carboxylic acids is 1. The van der Waals surface area contributed by atoms with Gasteiger partial charge in [-0.25, -0.2) is 0 Å². The van der Waals surface area contributed by atoms with Crippen LogP contribution in [0.2, 0.25) is 0 Å². The predicted octanol–water partition coefficient (Wildman–Crippen LogP) is 3.97. The minimum atomic E-state index is -0.810. The molecule has 110 valence electrons. The number of hydrogen-bond acceptors (Lipinski definition) is 2. The van der Waals surface area contributed by atoms with Gasteiger partial charge in [0.25, 0.3) is 0 Å². The van der Waals surface area contributed by atoms with E-state index in [0.29, 0.717) is 6.54 Å². The smallest absolute Gasteiger partial charge is 0.312 e.